The van der Waals surface area contributed by atoms with E-state index in [1.807, 2.05) is 12.1 Å². The van der Waals surface area contributed by atoms with Gasteiger partial charge >= 0.3 is 0 Å². The average molecular weight is 283 g/mol. The topological polar surface area (TPSA) is 12.0 Å². The molecule has 0 radical (unpaired) electrons. The summed E-state index contributed by atoms with van der Waals surface area (Å²) in [6.07, 6.45) is 6.13. The van der Waals surface area contributed by atoms with Crippen LogP contribution in [0.4, 0.5) is 4.39 Å². The minimum Gasteiger partial charge on any atom is -0.313 e. The van der Waals surface area contributed by atoms with Crippen molar-refractivity contribution in [3.63, 3.8) is 0 Å². The molecule has 1 nitrogen and oxygen atoms in total. The number of benzene rings is 1. The molecule has 0 aromatic heterocycles. The number of halogens is 1. The Labute approximate surface area is 121 Å². The van der Waals surface area contributed by atoms with Gasteiger partial charge in [-0.1, -0.05) is 45.2 Å². The fraction of sp³-hybridized carbons (Fsp3) is 0.625. The lowest BCUT2D eigenvalue weighted by atomic mass is 10.1. The SMILES string of the molecule is CCCCCC(CSc1ccccc1F)NCCC. The Bertz CT molecular complexity index is 343. The van der Waals surface area contributed by atoms with E-state index in [2.05, 4.69) is 19.2 Å². The maximum Gasteiger partial charge on any atom is 0.136 e. The van der Waals surface area contributed by atoms with Crippen LogP contribution in [0.1, 0.15) is 46.0 Å². The van der Waals surface area contributed by atoms with Crippen LogP contribution in [0.3, 0.4) is 0 Å². The minimum absolute atomic E-state index is 0.102. The molecule has 0 fully saturated rings. The van der Waals surface area contributed by atoms with Gasteiger partial charge in [-0.05, 0) is 31.5 Å². The molecule has 0 spiro atoms. The van der Waals surface area contributed by atoms with Gasteiger partial charge in [-0.3, -0.25) is 0 Å². The van der Waals surface area contributed by atoms with E-state index in [-0.39, 0.29) is 5.82 Å². The summed E-state index contributed by atoms with van der Waals surface area (Å²) in [5.74, 6) is 0.847. The Morgan fingerprint density at radius 3 is 2.63 bits per heavy atom. The zero-order valence-corrected chi connectivity index (χ0v) is 12.9. The van der Waals surface area contributed by atoms with E-state index in [1.165, 1.54) is 31.7 Å². The summed E-state index contributed by atoms with van der Waals surface area (Å²) in [4.78, 5) is 0.765. The molecular weight excluding hydrogens is 257 g/mol. The molecule has 1 atom stereocenters. The minimum atomic E-state index is -0.102. The van der Waals surface area contributed by atoms with Crippen LogP contribution in [0.15, 0.2) is 29.2 Å². The number of hydrogen-bond acceptors (Lipinski definition) is 2. The van der Waals surface area contributed by atoms with Crippen molar-refractivity contribution in [3.05, 3.63) is 30.1 Å². The highest BCUT2D eigenvalue weighted by molar-refractivity contribution is 7.99. The quantitative estimate of drug-likeness (QED) is 0.486. The molecule has 1 aromatic rings. The molecule has 1 unspecified atom stereocenters. The third-order valence-electron chi connectivity index (χ3n) is 3.12. The van der Waals surface area contributed by atoms with E-state index in [4.69, 9.17) is 0 Å². The summed E-state index contributed by atoms with van der Waals surface area (Å²) >= 11 is 1.63. The summed E-state index contributed by atoms with van der Waals surface area (Å²) in [6, 6.07) is 7.54. The molecule has 1 rings (SSSR count). The third-order valence-corrected chi connectivity index (χ3v) is 4.33. The van der Waals surface area contributed by atoms with E-state index in [1.54, 1.807) is 17.8 Å². The van der Waals surface area contributed by atoms with Crippen LogP contribution < -0.4 is 5.32 Å². The number of hydrogen-bond donors (Lipinski definition) is 1. The highest BCUT2D eigenvalue weighted by Crippen LogP contribution is 2.23. The van der Waals surface area contributed by atoms with Crippen LogP contribution >= 0.6 is 11.8 Å². The first-order valence-electron chi connectivity index (χ1n) is 7.38. The summed E-state index contributed by atoms with van der Waals surface area (Å²) in [5.41, 5.74) is 0. The molecule has 0 bridgehead atoms. The molecule has 19 heavy (non-hydrogen) atoms. The van der Waals surface area contributed by atoms with Crippen molar-refractivity contribution in [2.75, 3.05) is 12.3 Å². The number of unbranched alkanes of at least 4 members (excludes halogenated alkanes) is 2. The van der Waals surface area contributed by atoms with Gasteiger partial charge in [-0.25, -0.2) is 4.39 Å². The molecule has 108 valence electrons. The predicted molar refractivity (Wildman–Crippen MR) is 83.3 cm³/mol. The normalized spacial score (nSPS) is 12.6. The number of rotatable bonds is 10. The first kappa shape index (κ1) is 16.5. The van der Waals surface area contributed by atoms with Crippen LogP contribution in [0.5, 0.6) is 0 Å². The second-order valence-electron chi connectivity index (χ2n) is 4.89. The monoisotopic (exact) mass is 283 g/mol. The first-order chi connectivity index (χ1) is 9.27. The van der Waals surface area contributed by atoms with E-state index >= 15 is 0 Å². The highest BCUT2D eigenvalue weighted by atomic mass is 32.2. The van der Waals surface area contributed by atoms with Crippen LogP contribution in [0.2, 0.25) is 0 Å². The average Bonchev–Trinajstić information content (AvgIpc) is 2.43. The lowest BCUT2D eigenvalue weighted by molar-refractivity contribution is 0.493. The number of thioether (sulfide) groups is 1. The van der Waals surface area contributed by atoms with Gasteiger partial charge in [-0.2, -0.15) is 0 Å². The van der Waals surface area contributed by atoms with E-state index < -0.39 is 0 Å². The van der Waals surface area contributed by atoms with Gasteiger partial charge in [-0.15, -0.1) is 11.8 Å². The van der Waals surface area contributed by atoms with Crippen LogP contribution in [0.25, 0.3) is 0 Å². The van der Waals surface area contributed by atoms with Gasteiger partial charge in [0.05, 0.1) is 0 Å². The molecule has 0 aliphatic heterocycles. The molecule has 0 saturated carbocycles. The standard InChI is InChI=1S/C16H26FNS/c1-3-5-6-9-14(18-12-4-2)13-19-16-11-8-7-10-15(16)17/h7-8,10-11,14,18H,3-6,9,12-13H2,1-2H3. The molecule has 1 N–H and O–H groups in total. The fourth-order valence-corrected chi connectivity index (χ4v) is 3.03. The molecule has 0 amide bonds. The van der Waals surface area contributed by atoms with Crippen molar-refractivity contribution in [1.29, 1.82) is 0 Å². The Morgan fingerprint density at radius 2 is 1.95 bits per heavy atom. The maximum absolute atomic E-state index is 13.6. The fourth-order valence-electron chi connectivity index (χ4n) is 1.99. The van der Waals surface area contributed by atoms with Gasteiger partial charge in [0.15, 0.2) is 0 Å². The maximum atomic E-state index is 13.6. The predicted octanol–water partition coefficient (Wildman–Crippen LogP) is 4.87. The van der Waals surface area contributed by atoms with E-state index in [9.17, 15) is 4.39 Å². The van der Waals surface area contributed by atoms with Crippen molar-refractivity contribution in [3.8, 4) is 0 Å². The van der Waals surface area contributed by atoms with Gasteiger partial charge in [0.2, 0.25) is 0 Å². The van der Waals surface area contributed by atoms with Crippen molar-refractivity contribution < 1.29 is 4.39 Å². The Kier molecular flexibility index (Phi) is 8.93. The molecule has 0 aliphatic carbocycles. The van der Waals surface area contributed by atoms with Crippen LogP contribution in [0, 0.1) is 5.82 Å². The van der Waals surface area contributed by atoms with Gasteiger partial charge in [0.1, 0.15) is 5.82 Å². The van der Waals surface area contributed by atoms with Crippen molar-refractivity contribution in [2.45, 2.75) is 56.9 Å². The summed E-state index contributed by atoms with van der Waals surface area (Å²) in [5, 5.41) is 3.57. The van der Waals surface area contributed by atoms with Crippen molar-refractivity contribution in [1.82, 2.24) is 5.32 Å². The molecule has 1 aromatic carbocycles. The molecule has 0 aliphatic rings. The van der Waals surface area contributed by atoms with Crippen molar-refractivity contribution in [2.24, 2.45) is 0 Å². The summed E-state index contributed by atoms with van der Waals surface area (Å²) < 4.78 is 13.6. The summed E-state index contributed by atoms with van der Waals surface area (Å²) in [7, 11) is 0. The number of nitrogens with one attached hydrogen (secondary N) is 1. The molecule has 0 saturated heterocycles. The van der Waals surface area contributed by atoms with Crippen LogP contribution in [-0.4, -0.2) is 18.3 Å². The lowest BCUT2D eigenvalue weighted by Crippen LogP contribution is -2.32. The third kappa shape index (κ3) is 6.98. The highest BCUT2D eigenvalue weighted by Gasteiger charge is 2.09. The zero-order chi connectivity index (χ0) is 13.9. The van der Waals surface area contributed by atoms with E-state index in [0.717, 1.165) is 23.6 Å². The van der Waals surface area contributed by atoms with Crippen molar-refractivity contribution >= 4 is 11.8 Å². The Balaban J connectivity index is 2.40. The van der Waals surface area contributed by atoms with Crippen LogP contribution in [-0.2, 0) is 0 Å². The largest absolute Gasteiger partial charge is 0.313 e. The molecule has 3 heteroatoms. The van der Waals surface area contributed by atoms with E-state index in [0.29, 0.717) is 6.04 Å². The van der Waals surface area contributed by atoms with Gasteiger partial charge in [0, 0.05) is 16.7 Å². The molecule has 0 heterocycles. The second kappa shape index (κ2) is 10.3. The van der Waals surface area contributed by atoms with Gasteiger partial charge in [0.25, 0.3) is 0 Å². The Morgan fingerprint density at radius 1 is 1.16 bits per heavy atom. The second-order valence-corrected chi connectivity index (χ2v) is 5.95. The van der Waals surface area contributed by atoms with Gasteiger partial charge < -0.3 is 5.32 Å². The zero-order valence-electron chi connectivity index (χ0n) is 12.1. The summed E-state index contributed by atoms with van der Waals surface area (Å²) in [6.45, 7) is 5.46. The smallest absolute Gasteiger partial charge is 0.136 e. The first-order valence-corrected chi connectivity index (χ1v) is 8.37. The molecular formula is C16H26FNS. The Hall–Kier alpha value is -0.540. The lowest BCUT2D eigenvalue weighted by Gasteiger charge is -2.18.